The van der Waals surface area contributed by atoms with Crippen LogP contribution in [0.3, 0.4) is 0 Å². The van der Waals surface area contributed by atoms with Gasteiger partial charge in [0.15, 0.2) is 0 Å². The molecule has 2 aromatic rings. The minimum Gasteiger partial charge on any atom is -0.352 e. The number of pyridine rings is 1. The number of carbonyl (C=O) groups is 1. The highest BCUT2D eigenvalue weighted by Gasteiger charge is 2.06. The molecule has 0 aliphatic heterocycles. The van der Waals surface area contributed by atoms with Crippen molar-refractivity contribution in [2.75, 3.05) is 6.54 Å². The van der Waals surface area contributed by atoms with Gasteiger partial charge >= 0.3 is 0 Å². The van der Waals surface area contributed by atoms with E-state index < -0.39 is 0 Å². The van der Waals surface area contributed by atoms with Crippen molar-refractivity contribution in [3.8, 4) is 6.07 Å². The number of halogens is 1. The standard InChI is InChI=1S/C15H12ClN3O/c16-13-3-1-11(2-4-13)5-7-19-15(20)12-6-8-18-14(9-12)10-17/h1-4,6,8-9H,5,7H2,(H,19,20). The Balaban J connectivity index is 1.89. The van der Waals surface area contributed by atoms with Gasteiger partial charge in [0, 0.05) is 23.3 Å². The smallest absolute Gasteiger partial charge is 0.251 e. The molecule has 100 valence electrons. The van der Waals surface area contributed by atoms with E-state index in [1.807, 2.05) is 30.3 Å². The van der Waals surface area contributed by atoms with E-state index in [2.05, 4.69) is 10.3 Å². The van der Waals surface area contributed by atoms with Crippen LogP contribution < -0.4 is 5.32 Å². The Kier molecular flexibility index (Phi) is 4.70. The third kappa shape index (κ3) is 3.81. The number of hydrogen-bond donors (Lipinski definition) is 1. The molecule has 1 amide bonds. The van der Waals surface area contributed by atoms with Crippen molar-refractivity contribution in [2.24, 2.45) is 0 Å². The van der Waals surface area contributed by atoms with Crippen molar-refractivity contribution in [1.82, 2.24) is 10.3 Å². The highest BCUT2D eigenvalue weighted by Crippen LogP contribution is 2.09. The first kappa shape index (κ1) is 14.0. The number of benzene rings is 1. The van der Waals surface area contributed by atoms with Gasteiger partial charge in [0.2, 0.25) is 0 Å². The second kappa shape index (κ2) is 6.69. The van der Waals surface area contributed by atoms with Crippen LogP contribution in [-0.4, -0.2) is 17.4 Å². The molecule has 0 aliphatic carbocycles. The number of nitrogens with zero attached hydrogens (tertiary/aromatic N) is 2. The number of aromatic nitrogens is 1. The lowest BCUT2D eigenvalue weighted by atomic mass is 10.1. The second-order valence-electron chi connectivity index (χ2n) is 4.17. The Labute approximate surface area is 122 Å². The molecule has 0 fully saturated rings. The van der Waals surface area contributed by atoms with Gasteiger partial charge in [-0.05, 0) is 36.2 Å². The Morgan fingerprint density at radius 2 is 2.05 bits per heavy atom. The maximum atomic E-state index is 11.9. The number of rotatable bonds is 4. The van der Waals surface area contributed by atoms with Gasteiger partial charge in [-0.1, -0.05) is 23.7 Å². The van der Waals surface area contributed by atoms with Gasteiger partial charge in [-0.25, -0.2) is 4.98 Å². The summed E-state index contributed by atoms with van der Waals surface area (Å²) in [6.45, 7) is 0.519. The van der Waals surface area contributed by atoms with Crippen molar-refractivity contribution in [3.05, 3.63) is 64.4 Å². The summed E-state index contributed by atoms with van der Waals surface area (Å²) < 4.78 is 0. The van der Waals surface area contributed by atoms with Crippen LogP contribution in [0, 0.1) is 11.3 Å². The number of nitriles is 1. The topological polar surface area (TPSA) is 65.8 Å². The first-order valence-corrected chi connectivity index (χ1v) is 6.45. The van der Waals surface area contributed by atoms with E-state index in [1.54, 1.807) is 6.07 Å². The zero-order chi connectivity index (χ0) is 14.4. The van der Waals surface area contributed by atoms with E-state index in [0.717, 1.165) is 12.0 Å². The Bertz CT molecular complexity index is 647. The molecule has 0 radical (unpaired) electrons. The molecule has 0 spiro atoms. The van der Waals surface area contributed by atoms with E-state index in [9.17, 15) is 4.79 Å². The zero-order valence-corrected chi connectivity index (χ0v) is 11.4. The highest BCUT2D eigenvalue weighted by atomic mass is 35.5. The number of amides is 1. The average Bonchev–Trinajstić information content (AvgIpc) is 2.49. The maximum absolute atomic E-state index is 11.9. The van der Waals surface area contributed by atoms with Crippen LogP contribution in [0.2, 0.25) is 5.02 Å². The van der Waals surface area contributed by atoms with Crippen LogP contribution in [0.15, 0.2) is 42.6 Å². The van der Waals surface area contributed by atoms with Crippen molar-refractivity contribution in [1.29, 1.82) is 5.26 Å². The Hall–Kier alpha value is -2.38. The number of hydrogen-bond acceptors (Lipinski definition) is 3. The SMILES string of the molecule is N#Cc1cc(C(=O)NCCc2ccc(Cl)cc2)ccn1. The van der Waals surface area contributed by atoms with E-state index in [4.69, 9.17) is 16.9 Å². The molecule has 0 unspecified atom stereocenters. The monoisotopic (exact) mass is 285 g/mol. The summed E-state index contributed by atoms with van der Waals surface area (Å²) >= 11 is 5.80. The first-order chi connectivity index (χ1) is 9.69. The van der Waals surface area contributed by atoms with Crippen molar-refractivity contribution < 1.29 is 4.79 Å². The van der Waals surface area contributed by atoms with Gasteiger partial charge in [0.05, 0.1) is 0 Å². The van der Waals surface area contributed by atoms with E-state index in [-0.39, 0.29) is 11.6 Å². The second-order valence-corrected chi connectivity index (χ2v) is 4.61. The van der Waals surface area contributed by atoms with Crippen molar-refractivity contribution in [3.63, 3.8) is 0 Å². The zero-order valence-electron chi connectivity index (χ0n) is 10.6. The Morgan fingerprint density at radius 3 is 2.75 bits per heavy atom. The molecule has 0 saturated heterocycles. The lowest BCUT2D eigenvalue weighted by molar-refractivity contribution is 0.0954. The minimum atomic E-state index is -0.210. The molecule has 4 nitrogen and oxygen atoms in total. The molecule has 1 N–H and O–H groups in total. The lowest BCUT2D eigenvalue weighted by Gasteiger charge is -2.05. The van der Waals surface area contributed by atoms with Crippen molar-refractivity contribution in [2.45, 2.75) is 6.42 Å². The van der Waals surface area contributed by atoms with E-state index in [1.165, 1.54) is 12.3 Å². The molecule has 5 heteroatoms. The van der Waals surface area contributed by atoms with Crippen LogP contribution in [0.5, 0.6) is 0 Å². The summed E-state index contributed by atoms with van der Waals surface area (Å²) in [7, 11) is 0. The molecular weight excluding hydrogens is 274 g/mol. The summed E-state index contributed by atoms with van der Waals surface area (Å²) in [5.74, 6) is -0.210. The van der Waals surface area contributed by atoms with Crippen molar-refractivity contribution >= 4 is 17.5 Å². The third-order valence-electron chi connectivity index (χ3n) is 2.75. The largest absolute Gasteiger partial charge is 0.352 e. The Morgan fingerprint density at radius 1 is 1.30 bits per heavy atom. The molecule has 0 atom stereocenters. The van der Waals surface area contributed by atoms with Crippen LogP contribution >= 0.6 is 11.6 Å². The van der Waals surface area contributed by atoms with Gasteiger partial charge in [-0.15, -0.1) is 0 Å². The predicted molar refractivity (Wildman–Crippen MR) is 76.4 cm³/mol. The first-order valence-electron chi connectivity index (χ1n) is 6.08. The van der Waals surface area contributed by atoms with Crippen LogP contribution in [0.25, 0.3) is 0 Å². The summed E-state index contributed by atoms with van der Waals surface area (Å²) in [5.41, 5.74) is 1.77. The maximum Gasteiger partial charge on any atom is 0.251 e. The fourth-order valence-electron chi connectivity index (χ4n) is 1.71. The molecule has 20 heavy (non-hydrogen) atoms. The van der Waals surface area contributed by atoms with Gasteiger partial charge in [-0.2, -0.15) is 5.26 Å². The number of carbonyl (C=O) groups excluding carboxylic acids is 1. The number of nitrogens with one attached hydrogen (secondary N) is 1. The van der Waals surface area contributed by atoms with Gasteiger partial charge < -0.3 is 5.32 Å². The molecule has 0 bridgehead atoms. The third-order valence-corrected chi connectivity index (χ3v) is 3.00. The summed E-state index contributed by atoms with van der Waals surface area (Å²) in [6, 6.07) is 12.4. The van der Waals surface area contributed by atoms with E-state index >= 15 is 0 Å². The molecule has 0 aliphatic rings. The summed E-state index contributed by atoms with van der Waals surface area (Å²) in [6.07, 6.45) is 2.17. The molecular formula is C15H12ClN3O. The van der Waals surface area contributed by atoms with Crippen LogP contribution in [0.4, 0.5) is 0 Å². The van der Waals surface area contributed by atoms with Crippen LogP contribution in [-0.2, 0) is 6.42 Å². The van der Waals surface area contributed by atoms with Crippen LogP contribution in [0.1, 0.15) is 21.6 Å². The molecule has 0 saturated carbocycles. The predicted octanol–water partition coefficient (Wildman–Crippen LogP) is 2.58. The minimum absolute atomic E-state index is 0.210. The quantitative estimate of drug-likeness (QED) is 0.939. The average molecular weight is 286 g/mol. The fourth-order valence-corrected chi connectivity index (χ4v) is 1.83. The highest BCUT2D eigenvalue weighted by molar-refractivity contribution is 6.30. The van der Waals surface area contributed by atoms with Gasteiger partial charge in [0.1, 0.15) is 11.8 Å². The fraction of sp³-hybridized carbons (Fsp3) is 0.133. The molecule has 1 aromatic heterocycles. The lowest BCUT2D eigenvalue weighted by Crippen LogP contribution is -2.25. The summed E-state index contributed by atoms with van der Waals surface area (Å²) in [4.78, 5) is 15.7. The molecule has 1 heterocycles. The normalized spacial score (nSPS) is 9.80. The van der Waals surface area contributed by atoms with Gasteiger partial charge in [0.25, 0.3) is 5.91 Å². The van der Waals surface area contributed by atoms with E-state index in [0.29, 0.717) is 17.1 Å². The summed E-state index contributed by atoms with van der Waals surface area (Å²) in [5, 5.41) is 12.2. The molecule has 1 aromatic carbocycles. The molecule has 2 rings (SSSR count). The van der Waals surface area contributed by atoms with Gasteiger partial charge in [-0.3, -0.25) is 4.79 Å².